The number of benzene rings is 1. The van der Waals surface area contributed by atoms with E-state index in [1.54, 1.807) is 7.11 Å². The molecule has 2 heteroatoms. The van der Waals surface area contributed by atoms with Crippen LogP contribution < -0.4 is 4.74 Å². The molecule has 2 rings (SSSR count). The van der Waals surface area contributed by atoms with Crippen molar-refractivity contribution in [3.63, 3.8) is 0 Å². The lowest BCUT2D eigenvalue weighted by Crippen LogP contribution is -2.22. The van der Waals surface area contributed by atoms with Crippen LogP contribution in [0.5, 0.6) is 5.75 Å². The third kappa shape index (κ3) is 1.86. The average molecular weight is 206 g/mol. The molecule has 1 N–H and O–H groups in total. The van der Waals surface area contributed by atoms with Crippen LogP contribution in [-0.2, 0) is 5.60 Å². The number of rotatable bonds is 2. The topological polar surface area (TPSA) is 29.5 Å². The van der Waals surface area contributed by atoms with Gasteiger partial charge in [0, 0.05) is 0 Å². The highest BCUT2D eigenvalue weighted by atomic mass is 16.5. The molecule has 0 amide bonds. The molecule has 0 aromatic heterocycles. The van der Waals surface area contributed by atoms with Crippen molar-refractivity contribution in [3.05, 3.63) is 29.3 Å². The van der Waals surface area contributed by atoms with Crippen LogP contribution in [0.15, 0.2) is 18.2 Å². The molecule has 1 aliphatic carbocycles. The van der Waals surface area contributed by atoms with Crippen LogP contribution in [0.1, 0.15) is 36.8 Å². The summed E-state index contributed by atoms with van der Waals surface area (Å²) < 4.78 is 5.16. The standard InChI is InChI=1S/C13H18O2/c1-10-9-11(15-2)5-6-12(10)13(14)7-3-4-8-13/h5-6,9,14H,3-4,7-8H2,1-2H3. The average Bonchev–Trinajstić information content (AvgIpc) is 2.65. The quantitative estimate of drug-likeness (QED) is 0.806. The summed E-state index contributed by atoms with van der Waals surface area (Å²) in [6, 6.07) is 5.92. The fourth-order valence-electron chi connectivity index (χ4n) is 2.51. The van der Waals surface area contributed by atoms with Crippen molar-refractivity contribution in [1.82, 2.24) is 0 Å². The van der Waals surface area contributed by atoms with Gasteiger partial charge < -0.3 is 9.84 Å². The molecule has 0 unspecified atom stereocenters. The van der Waals surface area contributed by atoms with Crippen molar-refractivity contribution in [2.24, 2.45) is 0 Å². The van der Waals surface area contributed by atoms with Gasteiger partial charge in [0.1, 0.15) is 5.75 Å². The van der Waals surface area contributed by atoms with Crippen molar-refractivity contribution in [2.75, 3.05) is 7.11 Å². The van der Waals surface area contributed by atoms with Gasteiger partial charge >= 0.3 is 0 Å². The Morgan fingerprint density at radius 1 is 1.27 bits per heavy atom. The minimum absolute atomic E-state index is 0.587. The van der Waals surface area contributed by atoms with Crippen molar-refractivity contribution in [3.8, 4) is 5.75 Å². The van der Waals surface area contributed by atoms with Crippen LogP contribution >= 0.6 is 0 Å². The molecule has 0 spiro atoms. The van der Waals surface area contributed by atoms with Crippen molar-refractivity contribution < 1.29 is 9.84 Å². The molecule has 1 aliphatic rings. The lowest BCUT2D eigenvalue weighted by atomic mass is 9.89. The first-order valence-corrected chi connectivity index (χ1v) is 5.53. The SMILES string of the molecule is COc1ccc(C2(O)CCCC2)c(C)c1. The number of ether oxygens (including phenoxy) is 1. The number of hydrogen-bond acceptors (Lipinski definition) is 2. The minimum atomic E-state index is -0.587. The summed E-state index contributed by atoms with van der Waals surface area (Å²) in [4.78, 5) is 0. The highest BCUT2D eigenvalue weighted by Crippen LogP contribution is 2.40. The summed E-state index contributed by atoms with van der Waals surface area (Å²) in [5.41, 5.74) is 1.61. The molecule has 15 heavy (non-hydrogen) atoms. The molecule has 0 heterocycles. The molecule has 0 saturated heterocycles. The fourth-order valence-corrected chi connectivity index (χ4v) is 2.51. The molecule has 1 saturated carbocycles. The highest BCUT2D eigenvalue weighted by molar-refractivity contribution is 5.38. The van der Waals surface area contributed by atoms with Crippen LogP contribution in [0.25, 0.3) is 0 Å². The van der Waals surface area contributed by atoms with Gasteiger partial charge in [-0.1, -0.05) is 18.9 Å². The van der Waals surface area contributed by atoms with E-state index in [1.165, 1.54) is 0 Å². The largest absolute Gasteiger partial charge is 0.497 e. The van der Waals surface area contributed by atoms with Gasteiger partial charge in [0.2, 0.25) is 0 Å². The zero-order valence-corrected chi connectivity index (χ0v) is 9.42. The molecule has 0 aliphatic heterocycles. The molecular weight excluding hydrogens is 188 g/mol. The van der Waals surface area contributed by atoms with Crippen LogP contribution in [0.4, 0.5) is 0 Å². The highest BCUT2D eigenvalue weighted by Gasteiger charge is 2.33. The van der Waals surface area contributed by atoms with E-state index in [0.29, 0.717) is 0 Å². The van der Waals surface area contributed by atoms with Gasteiger partial charge in [0.05, 0.1) is 12.7 Å². The summed E-state index contributed by atoms with van der Waals surface area (Å²) in [5.74, 6) is 0.859. The lowest BCUT2D eigenvalue weighted by molar-refractivity contribution is 0.0438. The van der Waals surface area contributed by atoms with Gasteiger partial charge in [0.15, 0.2) is 0 Å². The van der Waals surface area contributed by atoms with Gasteiger partial charge in [-0.05, 0) is 43.0 Å². The second-order valence-corrected chi connectivity index (χ2v) is 4.42. The summed E-state index contributed by atoms with van der Waals surface area (Å²) in [7, 11) is 1.67. The first kappa shape index (κ1) is 10.5. The number of hydrogen-bond donors (Lipinski definition) is 1. The lowest BCUT2D eigenvalue weighted by Gasteiger charge is -2.25. The Hall–Kier alpha value is -1.02. The fraction of sp³-hybridized carbons (Fsp3) is 0.538. The second-order valence-electron chi connectivity index (χ2n) is 4.42. The smallest absolute Gasteiger partial charge is 0.119 e. The second kappa shape index (κ2) is 3.86. The molecule has 0 atom stereocenters. The summed E-state index contributed by atoms with van der Waals surface area (Å²) >= 11 is 0. The zero-order valence-electron chi connectivity index (χ0n) is 9.42. The van der Waals surface area contributed by atoms with Gasteiger partial charge in [-0.15, -0.1) is 0 Å². The Kier molecular flexibility index (Phi) is 2.70. The Bertz CT molecular complexity index is 352. The van der Waals surface area contributed by atoms with Gasteiger partial charge in [-0.2, -0.15) is 0 Å². The third-order valence-electron chi connectivity index (χ3n) is 3.37. The van der Waals surface area contributed by atoms with E-state index in [1.807, 2.05) is 25.1 Å². The van der Waals surface area contributed by atoms with E-state index in [4.69, 9.17) is 4.74 Å². The van der Waals surface area contributed by atoms with Gasteiger partial charge in [-0.25, -0.2) is 0 Å². The van der Waals surface area contributed by atoms with E-state index >= 15 is 0 Å². The Labute approximate surface area is 90.9 Å². The number of aryl methyl sites for hydroxylation is 1. The molecule has 2 nitrogen and oxygen atoms in total. The van der Waals surface area contributed by atoms with Crippen LogP contribution in [0.3, 0.4) is 0 Å². The first-order chi connectivity index (χ1) is 7.15. The van der Waals surface area contributed by atoms with E-state index in [-0.39, 0.29) is 0 Å². The third-order valence-corrected chi connectivity index (χ3v) is 3.37. The molecule has 1 aromatic rings. The molecule has 1 fully saturated rings. The van der Waals surface area contributed by atoms with Gasteiger partial charge in [-0.3, -0.25) is 0 Å². The van der Waals surface area contributed by atoms with E-state index in [9.17, 15) is 5.11 Å². The number of aliphatic hydroxyl groups is 1. The maximum Gasteiger partial charge on any atom is 0.119 e. The molecule has 0 bridgehead atoms. The maximum atomic E-state index is 10.5. The van der Waals surface area contributed by atoms with Crippen molar-refractivity contribution in [2.45, 2.75) is 38.2 Å². The Morgan fingerprint density at radius 2 is 1.93 bits per heavy atom. The van der Waals surface area contributed by atoms with Crippen LogP contribution in [-0.4, -0.2) is 12.2 Å². The molecule has 0 radical (unpaired) electrons. The monoisotopic (exact) mass is 206 g/mol. The Balaban J connectivity index is 2.36. The van der Waals surface area contributed by atoms with E-state index in [2.05, 4.69) is 0 Å². The maximum absolute atomic E-state index is 10.5. The van der Waals surface area contributed by atoms with E-state index in [0.717, 1.165) is 42.6 Å². The summed E-state index contributed by atoms with van der Waals surface area (Å²) in [6.45, 7) is 2.04. The van der Waals surface area contributed by atoms with Crippen molar-refractivity contribution >= 4 is 0 Å². The van der Waals surface area contributed by atoms with Crippen LogP contribution in [0.2, 0.25) is 0 Å². The minimum Gasteiger partial charge on any atom is -0.497 e. The first-order valence-electron chi connectivity index (χ1n) is 5.53. The molecule has 82 valence electrons. The van der Waals surface area contributed by atoms with E-state index < -0.39 is 5.60 Å². The normalized spacial score (nSPS) is 19.1. The summed E-state index contributed by atoms with van der Waals surface area (Å²) in [5, 5.41) is 10.5. The van der Waals surface area contributed by atoms with Gasteiger partial charge in [0.25, 0.3) is 0 Å². The summed E-state index contributed by atoms with van der Waals surface area (Å²) in [6.07, 6.45) is 4.03. The Morgan fingerprint density at radius 3 is 2.47 bits per heavy atom. The van der Waals surface area contributed by atoms with Crippen molar-refractivity contribution in [1.29, 1.82) is 0 Å². The zero-order chi connectivity index (χ0) is 10.9. The molecule has 1 aromatic carbocycles. The van der Waals surface area contributed by atoms with Crippen LogP contribution in [0, 0.1) is 6.92 Å². The molecular formula is C13H18O2. The predicted octanol–water partition coefficient (Wildman–Crippen LogP) is 2.77. The number of methoxy groups -OCH3 is 1. The predicted molar refractivity (Wildman–Crippen MR) is 60.1 cm³/mol.